The highest BCUT2D eigenvalue weighted by atomic mass is 19.1. The molecule has 2 unspecified atom stereocenters. The molecule has 2 N–H and O–H groups in total. The lowest BCUT2D eigenvalue weighted by molar-refractivity contribution is 0.0629. The van der Waals surface area contributed by atoms with E-state index in [9.17, 15) is 5.11 Å². The van der Waals surface area contributed by atoms with Crippen molar-refractivity contribution in [1.82, 2.24) is 25.2 Å². The molecular weight excluding hydrogens is 579 g/mol. The molecule has 2 atom stereocenters. The first kappa shape index (κ1) is 29.8. The SMILES string of the molecule is CN(C)CC1(COc2nc(N3CC4CCC(C3)N4)c3cnc(-c4cc(O)cc5ccc6c(c45)CCCC6)c(F)c3n2)CCCCC1. The van der Waals surface area contributed by atoms with Gasteiger partial charge in [-0.3, -0.25) is 4.98 Å². The quantitative estimate of drug-likeness (QED) is 0.244. The van der Waals surface area contributed by atoms with Gasteiger partial charge in [0, 0.05) is 48.9 Å². The number of anilines is 1. The first-order valence-electron chi connectivity index (χ1n) is 17.3. The second-order valence-corrected chi connectivity index (χ2v) is 14.6. The fourth-order valence-electron chi connectivity index (χ4n) is 8.92. The fraction of sp³-hybridized carbons (Fsp3) is 0.541. The maximum atomic E-state index is 17.1. The zero-order chi connectivity index (χ0) is 31.4. The molecule has 2 aliphatic heterocycles. The smallest absolute Gasteiger partial charge is 0.319 e. The molecule has 8 nitrogen and oxygen atoms in total. The Balaban J connectivity index is 1.26. The number of aromatic hydroxyl groups is 1. The molecule has 4 aromatic rings. The van der Waals surface area contributed by atoms with Crippen molar-refractivity contribution in [2.75, 3.05) is 45.2 Å². The number of phenolic OH excluding ortho intramolecular Hbond substituents is 1. The third-order valence-electron chi connectivity index (χ3n) is 10.9. The van der Waals surface area contributed by atoms with Crippen molar-refractivity contribution in [3.05, 3.63) is 47.4 Å². The number of ether oxygens (including phenoxy) is 1. The van der Waals surface area contributed by atoms with Gasteiger partial charge in [0.2, 0.25) is 0 Å². The summed E-state index contributed by atoms with van der Waals surface area (Å²) >= 11 is 0. The van der Waals surface area contributed by atoms with Crippen LogP contribution in [0.3, 0.4) is 0 Å². The predicted molar refractivity (Wildman–Crippen MR) is 180 cm³/mol. The van der Waals surface area contributed by atoms with Gasteiger partial charge in [-0.1, -0.05) is 31.4 Å². The fourth-order valence-corrected chi connectivity index (χ4v) is 8.92. The molecule has 46 heavy (non-hydrogen) atoms. The average Bonchev–Trinajstić information content (AvgIpc) is 3.40. The molecule has 3 fully saturated rings. The van der Waals surface area contributed by atoms with Crippen molar-refractivity contribution < 1.29 is 14.2 Å². The predicted octanol–water partition coefficient (Wildman–Crippen LogP) is 6.40. The van der Waals surface area contributed by atoms with E-state index in [1.807, 2.05) is 6.07 Å². The van der Waals surface area contributed by atoms with Crippen LogP contribution >= 0.6 is 0 Å². The Labute approximate surface area is 270 Å². The summed E-state index contributed by atoms with van der Waals surface area (Å²) in [4.78, 5) is 19.1. The number of nitrogens with zero attached hydrogens (tertiary/aromatic N) is 5. The minimum atomic E-state index is -0.495. The molecule has 2 aliphatic carbocycles. The summed E-state index contributed by atoms with van der Waals surface area (Å²) in [6.45, 7) is 3.05. The summed E-state index contributed by atoms with van der Waals surface area (Å²) in [6.07, 6.45) is 14.0. The summed E-state index contributed by atoms with van der Waals surface area (Å²) < 4.78 is 23.6. The van der Waals surface area contributed by atoms with Crippen molar-refractivity contribution in [3.63, 3.8) is 0 Å². The van der Waals surface area contributed by atoms with Crippen LogP contribution in [0.1, 0.15) is 68.9 Å². The van der Waals surface area contributed by atoms with Crippen LogP contribution in [-0.4, -0.2) is 77.4 Å². The molecule has 2 bridgehead atoms. The van der Waals surface area contributed by atoms with Crippen LogP contribution in [0.5, 0.6) is 11.8 Å². The van der Waals surface area contributed by atoms with E-state index in [4.69, 9.17) is 19.7 Å². The second kappa shape index (κ2) is 11.9. The van der Waals surface area contributed by atoms with E-state index in [1.54, 1.807) is 18.3 Å². The van der Waals surface area contributed by atoms with Gasteiger partial charge >= 0.3 is 6.01 Å². The molecule has 242 valence electrons. The minimum Gasteiger partial charge on any atom is -0.508 e. The number of benzene rings is 2. The number of hydrogen-bond acceptors (Lipinski definition) is 8. The van der Waals surface area contributed by atoms with E-state index >= 15 is 4.39 Å². The van der Waals surface area contributed by atoms with Crippen molar-refractivity contribution in [1.29, 1.82) is 0 Å². The Kier molecular flexibility index (Phi) is 7.72. The number of fused-ring (bicyclic) bond motifs is 6. The summed E-state index contributed by atoms with van der Waals surface area (Å²) in [5.41, 5.74) is 3.61. The Bertz CT molecular complexity index is 1780. The molecule has 1 saturated carbocycles. The minimum absolute atomic E-state index is 0.0237. The lowest BCUT2D eigenvalue weighted by atomic mass is 9.74. The highest BCUT2D eigenvalue weighted by Gasteiger charge is 2.36. The van der Waals surface area contributed by atoms with Crippen molar-refractivity contribution in [3.8, 4) is 23.0 Å². The maximum absolute atomic E-state index is 17.1. The van der Waals surface area contributed by atoms with E-state index in [-0.39, 0.29) is 28.4 Å². The molecule has 9 heteroatoms. The molecule has 0 amide bonds. The van der Waals surface area contributed by atoms with Gasteiger partial charge < -0.3 is 25.0 Å². The summed E-state index contributed by atoms with van der Waals surface area (Å²) in [7, 11) is 4.23. The van der Waals surface area contributed by atoms with Gasteiger partial charge in [0.25, 0.3) is 0 Å². The van der Waals surface area contributed by atoms with Gasteiger partial charge in [-0.15, -0.1) is 0 Å². The van der Waals surface area contributed by atoms with Crippen LogP contribution in [0.2, 0.25) is 0 Å². The number of phenols is 1. The topological polar surface area (TPSA) is 86.6 Å². The van der Waals surface area contributed by atoms with Gasteiger partial charge in [0.05, 0.1) is 12.0 Å². The molecule has 2 aromatic heterocycles. The van der Waals surface area contributed by atoms with E-state index < -0.39 is 5.82 Å². The first-order chi connectivity index (χ1) is 22.4. The van der Waals surface area contributed by atoms with Gasteiger partial charge in [-0.25, -0.2) is 4.39 Å². The van der Waals surface area contributed by atoms with Gasteiger partial charge in [0.1, 0.15) is 22.8 Å². The van der Waals surface area contributed by atoms with Gasteiger partial charge in [0.15, 0.2) is 5.82 Å². The van der Waals surface area contributed by atoms with Crippen LogP contribution in [0.25, 0.3) is 32.9 Å². The first-order valence-corrected chi connectivity index (χ1v) is 17.3. The standard InChI is InChI=1S/C37H45FN6O2/c1-43(2)21-37(14-6-3-7-15-37)22-46-36-41-34-30(35(42-36)44-19-25-12-13-26(20-44)40-25)18-39-33(32(34)38)29-17-27(45)16-24-11-10-23-8-4-5-9-28(23)31(24)29/h10-11,16-18,25-26,40,45H,3-9,12-15,19-22H2,1-2H3. The number of nitrogens with one attached hydrogen (secondary N) is 1. The van der Waals surface area contributed by atoms with Crippen molar-refractivity contribution in [2.24, 2.45) is 5.41 Å². The molecular formula is C37H45FN6O2. The Morgan fingerprint density at radius 2 is 1.80 bits per heavy atom. The van der Waals surface area contributed by atoms with E-state index in [0.29, 0.717) is 35.5 Å². The zero-order valence-corrected chi connectivity index (χ0v) is 27.1. The summed E-state index contributed by atoms with van der Waals surface area (Å²) in [5, 5.41) is 16.9. The van der Waals surface area contributed by atoms with Crippen LogP contribution < -0.4 is 15.0 Å². The Hall–Kier alpha value is -3.56. The highest BCUT2D eigenvalue weighted by Crippen LogP contribution is 2.42. The molecule has 2 aromatic carbocycles. The second-order valence-electron chi connectivity index (χ2n) is 14.6. The zero-order valence-electron chi connectivity index (χ0n) is 27.1. The largest absolute Gasteiger partial charge is 0.508 e. The van der Waals surface area contributed by atoms with Crippen LogP contribution in [0.15, 0.2) is 30.5 Å². The molecule has 0 spiro atoms. The Morgan fingerprint density at radius 3 is 2.59 bits per heavy atom. The summed E-state index contributed by atoms with van der Waals surface area (Å²) in [5.74, 6) is 0.298. The monoisotopic (exact) mass is 624 g/mol. The third-order valence-corrected chi connectivity index (χ3v) is 10.9. The van der Waals surface area contributed by atoms with Crippen molar-refractivity contribution in [2.45, 2.75) is 82.7 Å². The lowest BCUT2D eigenvalue weighted by Gasteiger charge is -2.39. The normalized spacial score (nSPS) is 22.5. The number of rotatable bonds is 7. The number of pyridine rings is 1. The number of piperazine rings is 1. The van der Waals surface area contributed by atoms with Crippen LogP contribution in [0.4, 0.5) is 10.2 Å². The van der Waals surface area contributed by atoms with E-state index in [1.165, 1.54) is 30.4 Å². The van der Waals surface area contributed by atoms with E-state index in [0.717, 1.165) is 81.8 Å². The van der Waals surface area contributed by atoms with Gasteiger partial charge in [-0.2, -0.15) is 9.97 Å². The van der Waals surface area contributed by atoms with Crippen LogP contribution in [0, 0.1) is 11.2 Å². The lowest BCUT2D eigenvalue weighted by Crippen LogP contribution is -2.51. The molecule has 2 saturated heterocycles. The summed E-state index contributed by atoms with van der Waals surface area (Å²) in [6, 6.07) is 8.64. The molecule has 4 heterocycles. The number of aryl methyl sites for hydroxylation is 2. The molecule has 0 radical (unpaired) electrons. The van der Waals surface area contributed by atoms with Crippen molar-refractivity contribution >= 4 is 27.5 Å². The van der Waals surface area contributed by atoms with E-state index in [2.05, 4.69) is 35.3 Å². The third kappa shape index (κ3) is 5.45. The number of halogens is 1. The number of hydrogen-bond donors (Lipinski definition) is 2. The Morgan fingerprint density at radius 1 is 1.02 bits per heavy atom. The maximum Gasteiger partial charge on any atom is 0.319 e. The number of aromatic nitrogens is 3. The highest BCUT2D eigenvalue weighted by molar-refractivity contribution is 6.02. The van der Waals surface area contributed by atoms with Gasteiger partial charge in [-0.05, 0) is 99.5 Å². The molecule has 8 rings (SSSR count). The van der Waals surface area contributed by atoms with Crippen LogP contribution in [-0.2, 0) is 12.8 Å². The molecule has 4 aliphatic rings. The average molecular weight is 625 g/mol.